The van der Waals surface area contributed by atoms with Gasteiger partial charge in [0.15, 0.2) is 0 Å². The van der Waals surface area contributed by atoms with E-state index in [9.17, 15) is 14.7 Å². The van der Waals surface area contributed by atoms with E-state index in [-0.39, 0.29) is 17.6 Å². The van der Waals surface area contributed by atoms with E-state index >= 15 is 0 Å². The summed E-state index contributed by atoms with van der Waals surface area (Å²) < 4.78 is 0. The van der Waals surface area contributed by atoms with Gasteiger partial charge in [-0.15, -0.1) is 0 Å². The quantitative estimate of drug-likeness (QED) is 0.409. The van der Waals surface area contributed by atoms with Crippen LogP contribution in [0, 0.1) is 0 Å². The number of nitrogens with zero attached hydrogens (tertiary/aromatic N) is 1. The lowest BCUT2D eigenvalue weighted by molar-refractivity contribution is 0.101. The predicted molar refractivity (Wildman–Crippen MR) is 107 cm³/mol. The Kier molecular flexibility index (Phi) is 4.47. The molecule has 0 bridgehead atoms. The van der Waals surface area contributed by atoms with Crippen LogP contribution in [-0.4, -0.2) is 26.9 Å². The normalized spacial score (nSPS) is 10.6. The van der Waals surface area contributed by atoms with E-state index in [1.807, 2.05) is 0 Å². The first kappa shape index (κ1) is 17.3. The summed E-state index contributed by atoms with van der Waals surface area (Å²) in [6.45, 7) is 0. The Morgan fingerprint density at radius 3 is 2.32 bits per heavy atom. The number of phenolic OH excluding ortho intramolecular Hbond substituents is 1. The van der Waals surface area contributed by atoms with Gasteiger partial charge in [0, 0.05) is 22.5 Å². The third kappa shape index (κ3) is 3.68. The van der Waals surface area contributed by atoms with Crippen molar-refractivity contribution in [1.82, 2.24) is 9.97 Å². The summed E-state index contributed by atoms with van der Waals surface area (Å²) in [5, 5.41) is 14.8. The van der Waals surface area contributed by atoms with Gasteiger partial charge in [0.1, 0.15) is 5.75 Å². The maximum absolute atomic E-state index is 12.5. The Bertz CT molecular complexity index is 1170. The summed E-state index contributed by atoms with van der Waals surface area (Å²) in [6.07, 6.45) is 1.57. The van der Waals surface area contributed by atoms with Crippen molar-refractivity contribution in [3.63, 3.8) is 0 Å². The van der Waals surface area contributed by atoms with Crippen LogP contribution in [0.2, 0.25) is 0 Å². The van der Waals surface area contributed by atoms with Gasteiger partial charge in [-0.2, -0.15) is 0 Å². The van der Waals surface area contributed by atoms with Gasteiger partial charge >= 0.3 is 0 Å². The first-order valence-corrected chi connectivity index (χ1v) is 8.53. The Balaban J connectivity index is 1.48. The lowest BCUT2D eigenvalue weighted by Gasteiger charge is -2.09. The van der Waals surface area contributed by atoms with Crippen molar-refractivity contribution in [3.05, 3.63) is 84.2 Å². The van der Waals surface area contributed by atoms with Crippen LogP contribution < -0.4 is 10.6 Å². The zero-order chi connectivity index (χ0) is 19.5. The standard InChI is InChI=1S/C21H16N4O3/c26-17-7-5-15(6-8-17)24-20(27)13-2-1-3-16(10-13)25-21(28)14-4-9-18-19(11-14)23-12-22-18/h1-12,26H,(H,22,23)(H,24,27)(H,25,28). The molecule has 1 aromatic heterocycles. The SMILES string of the molecule is O=C(Nc1ccc(O)cc1)c1cccc(NC(=O)c2ccc3nc[nH]c3c2)c1. The molecule has 0 unspecified atom stereocenters. The lowest BCUT2D eigenvalue weighted by atomic mass is 10.1. The van der Waals surface area contributed by atoms with E-state index in [1.165, 1.54) is 12.1 Å². The number of carbonyl (C=O) groups excluding carboxylic acids is 2. The molecule has 0 fully saturated rings. The molecule has 2 amide bonds. The van der Waals surface area contributed by atoms with E-state index in [0.717, 1.165) is 11.0 Å². The molecule has 0 aliphatic heterocycles. The van der Waals surface area contributed by atoms with Crippen LogP contribution >= 0.6 is 0 Å². The number of amides is 2. The van der Waals surface area contributed by atoms with Crippen LogP contribution in [0.1, 0.15) is 20.7 Å². The number of fused-ring (bicyclic) bond motifs is 1. The second-order valence-corrected chi connectivity index (χ2v) is 6.17. The van der Waals surface area contributed by atoms with Gasteiger partial charge in [0.05, 0.1) is 17.4 Å². The van der Waals surface area contributed by atoms with E-state index in [4.69, 9.17) is 0 Å². The van der Waals surface area contributed by atoms with Gasteiger partial charge in [-0.3, -0.25) is 9.59 Å². The van der Waals surface area contributed by atoms with E-state index in [2.05, 4.69) is 20.6 Å². The van der Waals surface area contributed by atoms with Gasteiger partial charge in [-0.05, 0) is 60.7 Å². The van der Waals surface area contributed by atoms with Crippen molar-refractivity contribution in [3.8, 4) is 5.75 Å². The largest absolute Gasteiger partial charge is 0.508 e. The minimum absolute atomic E-state index is 0.121. The van der Waals surface area contributed by atoms with E-state index in [1.54, 1.807) is 60.9 Å². The number of aromatic amines is 1. The van der Waals surface area contributed by atoms with Crippen LogP contribution in [0.15, 0.2) is 73.1 Å². The number of rotatable bonds is 4. The highest BCUT2D eigenvalue weighted by Gasteiger charge is 2.11. The van der Waals surface area contributed by atoms with Crippen molar-refractivity contribution >= 4 is 34.2 Å². The average molecular weight is 372 g/mol. The molecular weight excluding hydrogens is 356 g/mol. The molecular formula is C21H16N4O3. The minimum Gasteiger partial charge on any atom is -0.508 e. The number of aromatic hydroxyl groups is 1. The monoisotopic (exact) mass is 372 g/mol. The zero-order valence-corrected chi connectivity index (χ0v) is 14.6. The summed E-state index contributed by atoms with van der Waals surface area (Å²) in [5.74, 6) is -0.482. The van der Waals surface area contributed by atoms with Gasteiger partial charge in [-0.25, -0.2) is 4.98 Å². The molecule has 0 aliphatic carbocycles. The van der Waals surface area contributed by atoms with Crippen LogP contribution in [0.25, 0.3) is 11.0 Å². The maximum Gasteiger partial charge on any atom is 0.255 e. The minimum atomic E-state index is -0.319. The molecule has 7 nitrogen and oxygen atoms in total. The van der Waals surface area contributed by atoms with Crippen molar-refractivity contribution in [2.45, 2.75) is 0 Å². The highest BCUT2D eigenvalue weighted by atomic mass is 16.3. The Hall–Kier alpha value is -4.13. The van der Waals surface area contributed by atoms with Crippen molar-refractivity contribution in [2.24, 2.45) is 0 Å². The van der Waals surface area contributed by atoms with Crippen molar-refractivity contribution in [2.75, 3.05) is 10.6 Å². The van der Waals surface area contributed by atoms with Gasteiger partial charge in [0.2, 0.25) is 0 Å². The second kappa shape index (κ2) is 7.24. The predicted octanol–water partition coefficient (Wildman–Crippen LogP) is 3.77. The number of hydrogen-bond acceptors (Lipinski definition) is 4. The Morgan fingerprint density at radius 2 is 1.54 bits per heavy atom. The number of hydrogen-bond donors (Lipinski definition) is 4. The van der Waals surface area contributed by atoms with Crippen molar-refractivity contribution in [1.29, 1.82) is 0 Å². The number of phenols is 1. The van der Waals surface area contributed by atoms with Gasteiger partial charge < -0.3 is 20.7 Å². The number of carbonyl (C=O) groups is 2. The first-order valence-electron chi connectivity index (χ1n) is 8.53. The molecule has 0 spiro atoms. The average Bonchev–Trinajstić information content (AvgIpc) is 3.18. The molecule has 4 rings (SSSR count). The molecule has 138 valence electrons. The maximum atomic E-state index is 12.5. The van der Waals surface area contributed by atoms with Gasteiger partial charge in [0.25, 0.3) is 11.8 Å². The first-order chi connectivity index (χ1) is 13.6. The molecule has 28 heavy (non-hydrogen) atoms. The molecule has 0 radical (unpaired) electrons. The summed E-state index contributed by atoms with van der Waals surface area (Å²) >= 11 is 0. The number of nitrogens with one attached hydrogen (secondary N) is 3. The van der Waals surface area contributed by atoms with Gasteiger partial charge in [-0.1, -0.05) is 6.07 Å². The number of H-pyrrole nitrogens is 1. The van der Waals surface area contributed by atoms with Crippen LogP contribution in [0.3, 0.4) is 0 Å². The summed E-state index contributed by atoms with van der Waals surface area (Å²) in [4.78, 5) is 32.0. The highest BCUT2D eigenvalue weighted by Crippen LogP contribution is 2.18. The molecule has 1 heterocycles. The summed E-state index contributed by atoms with van der Waals surface area (Å²) in [7, 11) is 0. The molecule has 7 heteroatoms. The molecule has 4 aromatic rings. The summed E-state index contributed by atoms with van der Waals surface area (Å²) in [5.41, 5.74) is 3.50. The molecule has 3 aromatic carbocycles. The molecule has 0 saturated heterocycles. The summed E-state index contributed by atoms with van der Waals surface area (Å²) in [6, 6.07) is 18.0. The smallest absolute Gasteiger partial charge is 0.255 e. The third-order valence-electron chi connectivity index (χ3n) is 4.19. The Labute approximate surface area is 160 Å². The molecule has 4 N–H and O–H groups in total. The van der Waals surface area contributed by atoms with Crippen LogP contribution in [0.4, 0.5) is 11.4 Å². The number of benzene rings is 3. The second-order valence-electron chi connectivity index (χ2n) is 6.17. The zero-order valence-electron chi connectivity index (χ0n) is 14.6. The van der Waals surface area contributed by atoms with E-state index in [0.29, 0.717) is 22.5 Å². The van der Waals surface area contributed by atoms with Crippen LogP contribution in [-0.2, 0) is 0 Å². The van der Waals surface area contributed by atoms with Crippen LogP contribution in [0.5, 0.6) is 5.75 Å². The molecule has 0 aliphatic rings. The van der Waals surface area contributed by atoms with E-state index < -0.39 is 0 Å². The van der Waals surface area contributed by atoms with Crippen molar-refractivity contribution < 1.29 is 14.7 Å². The molecule has 0 saturated carbocycles. The fraction of sp³-hybridized carbons (Fsp3) is 0. The number of anilines is 2. The highest BCUT2D eigenvalue weighted by molar-refractivity contribution is 6.08. The Morgan fingerprint density at radius 1 is 0.821 bits per heavy atom. The number of imidazole rings is 1. The third-order valence-corrected chi connectivity index (χ3v) is 4.19. The fourth-order valence-electron chi connectivity index (χ4n) is 2.77. The number of aromatic nitrogens is 2. The fourth-order valence-corrected chi connectivity index (χ4v) is 2.77. The topological polar surface area (TPSA) is 107 Å². The lowest BCUT2D eigenvalue weighted by Crippen LogP contribution is -2.14. The molecule has 0 atom stereocenters.